The molecular formula is C20H41N2O3P. The number of likely N-dealkylation sites (tertiary alicyclic amines) is 2. The summed E-state index contributed by atoms with van der Waals surface area (Å²) in [6.07, 6.45) is 3.45. The van der Waals surface area contributed by atoms with E-state index < -0.39 is 8.25 Å². The fourth-order valence-corrected chi connectivity index (χ4v) is 5.96. The number of hydrogen-bond donors (Lipinski definition) is 0. The van der Waals surface area contributed by atoms with Gasteiger partial charge in [0.25, 0.3) is 0 Å². The van der Waals surface area contributed by atoms with E-state index in [4.69, 9.17) is 9.05 Å². The molecule has 0 spiro atoms. The summed E-state index contributed by atoms with van der Waals surface area (Å²) in [6.45, 7) is 17.8. The topological polar surface area (TPSA) is 42.0 Å². The van der Waals surface area contributed by atoms with Gasteiger partial charge in [-0.05, 0) is 95.2 Å². The summed E-state index contributed by atoms with van der Waals surface area (Å²) in [5.41, 5.74) is 0.0797. The first-order valence-electron chi connectivity index (χ1n) is 9.92. The maximum absolute atomic E-state index is 12.7. The average molecular weight is 389 g/mol. The van der Waals surface area contributed by atoms with Gasteiger partial charge >= 0.3 is 8.25 Å². The van der Waals surface area contributed by atoms with Crippen molar-refractivity contribution in [1.29, 1.82) is 0 Å². The molecule has 2 saturated heterocycles. The predicted molar refractivity (Wildman–Crippen MR) is 109 cm³/mol. The smallest absolute Gasteiger partial charge is 0.307 e. The molecule has 2 fully saturated rings. The van der Waals surface area contributed by atoms with E-state index in [1.165, 1.54) is 0 Å². The van der Waals surface area contributed by atoms with Crippen LogP contribution in [0.15, 0.2) is 0 Å². The monoisotopic (exact) mass is 388 g/mol. The van der Waals surface area contributed by atoms with E-state index in [1.54, 1.807) is 0 Å². The summed E-state index contributed by atoms with van der Waals surface area (Å²) in [6, 6.07) is 0. The van der Waals surface area contributed by atoms with Crippen LogP contribution in [0.5, 0.6) is 0 Å². The van der Waals surface area contributed by atoms with Crippen LogP contribution in [0.4, 0.5) is 0 Å². The third-order valence-electron chi connectivity index (χ3n) is 7.07. The minimum Gasteiger partial charge on any atom is -0.307 e. The summed E-state index contributed by atoms with van der Waals surface area (Å²) < 4.78 is 24.6. The number of rotatable bonds is 4. The highest BCUT2D eigenvalue weighted by molar-refractivity contribution is 7.33. The minimum absolute atomic E-state index is 0.0186. The first-order valence-corrected chi connectivity index (χ1v) is 11.1. The molecular weight excluding hydrogens is 347 g/mol. The van der Waals surface area contributed by atoms with Gasteiger partial charge in [-0.2, -0.15) is 0 Å². The Bertz CT molecular complexity index is 463. The lowest BCUT2D eigenvalue weighted by atomic mass is 9.79. The number of piperidine rings is 2. The molecule has 0 atom stereocenters. The van der Waals surface area contributed by atoms with Gasteiger partial charge in [0.1, 0.15) is 0 Å². The molecule has 2 heterocycles. The third-order valence-corrected chi connectivity index (χ3v) is 8.12. The molecule has 0 aromatic carbocycles. The van der Waals surface area contributed by atoms with Crippen LogP contribution in [0.2, 0.25) is 0 Å². The summed E-state index contributed by atoms with van der Waals surface area (Å²) in [5.74, 6) is 0. The van der Waals surface area contributed by atoms with Crippen LogP contribution in [-0.4, -0.2) is 58.3 Å². The molecule has 2 aliphatic rings. The summed E-state index contributed by atoms with van der Waals surface area (Å²) in [7, 11) is 1.82. The lowest BCUT2D eigenvalue weighted by Crippen LogP contribution is -2.60. The van der Waals surface area contributed by atoms with Crippen molar-refractivity contribution in [2.75, 3.05) is 14.1 Å². The van der Waals surface area contributed by atoms with Crippen molar-refractivity contribution in [3.8, 4) is 0 Å². The molecule has 26 heavy (non-hydrogen) atoms. The second-order valence-corrected chi connectivity index (χ2v) is 11.9. The minimum atomic E-state index is -2.51. The van der Waals surface area contributed by atoms with Crippen molar-refractivity contribution in [2.45, 2.75) is 115 Å². The van der Waals surface area contributed by atoms with Crippen molar-refractivity contribution in [3.63, 3.8) is 0 Å². The second-order valence-electron chi connectivity index (χ2n) is 10.9. The summed E-state index contributed by atoms with van der Waals surface area (Å²) in [5, 5.41) is 0. The molecule has 0 aliphatic carbocycles. The Balaban J connectivity index is 1.99. The van der Waals surface area contributed by atoms with Crippen molar-refractivity contribution in [1.82, 2.24) is 9.80 Å². The first kappa shape index (κ1) is 22.4. The Hall–Kier alpha value is 0.0700. The SMILES string of the molecule is CN1C(C)(C)CC(O[PH](=O)OC2CC(C)(C)N(C)C(C)(C)C2)CC1(C)C. The van der Waals surface area contributed by atoms with Gasteiger partial charge in [-0.15, -0.1) is 0 Å². The van der Waals surface area contributed by atoms with Crippen molar-refractivity contribution in [2.24, 2.45) is 0 Å². The van der Waals surface area contributed by atoms with E-state index in [9.17, 15) is 4.57 Å². The molecule has 6 heteroatoms. The molecule has 0 N–H and O–H groups in total. The van der Waals surface area contributed by atoms with E-state index in [-0.39, 0.29) is 34.4 Å². The van der Waals surface area contributed by atoms with Gasteiger partial charge in [0, 0.05) is 22.2 Å². The van der Waals surface area contributed by atoms with Crippen LogP contribution < -0.4 is 0 Å². The summed E-state index contributed by atoms with van der Waals surface area (Å²) in [4.78, 5) is 4.81. The standard InChI is InChI=1S/C20H41N2O3P/c1-17(2)11-15(12-18(3,4)21(17)9)24-26(23)25-16-13-19(5,6)22(10)20(7,8)14-16/h15-16,26H,11-14H2,1-10H3. The van der Waals surface area contributed by atoms with Crippen LogP contribution in [0, 0.1) is 0 Å². The zero-order valence-corrected chi connectivity index (χ0v) is 19.6. The van der Waals surface area contributed by atoms with Gasteiger partial charge in [-0.3, -0.25) is 14.4 Å². The van der Waals surface area contributed by atoms with Gasteiger partial charge in [0.2, 0.25) is 0 Å². The summed E-state index contributed by atoms with van der Waals surface area (Å²) >= 11 is 0. The van der Waals surface area contributed by atoms with Crippen LogP contribution in [0.3, 0.4) is 0 Å². The fraction of sp³-hybridized carbons (Fsp3) is 1.00. The maximum Gasteiger partial charge on any atom is 0.319 e. The zero-order valence-electron chi connectivity index (χ0n) is 18.6. The quantitative estimate of drug-likeness (QED) is 0.652. The highest BCUT2D eigenvalue weighted by Gasteiger charge is 2.46. The van der Waals surface area contributed by atoms with E-state index in [0.717, 1.165) is 25.7 Å². The highest BCUT2D eigenvalue weighted by Crippen LogP contribution is 2.45. The van der Waals surface area contributed by atoms with Crippen molar-refractivity contribution >= 4 is 8.25 Å². The van der Waals surface area contributed by atoms with E-state index in [1.807, 2.05) is 0 Å². The van der Waals surface area contributed by atoms with Crippen LogP contribution >= 0.6 is 8.25 Å². The Kier molecular flexibility index (Phi) is 6.15. The molecule has 0 aromatic rings. The lowest BCUT2D eigenvalue weighted by Gasteiger charge is -2.54. The molecule has 2 aliphatic heterocycles. The van der Waals surface area contributed by atoms with Gasteiger partial charge in [-0.25, -0.2) is 0 Å². The molecule has 0 radical (unpaired) electrons. The van der Waals surface area contributed by atoms with E-state index >= 15 is 0 Å². The third kappa shape index (κ3) is 4.72. The lowest BCUT2D eigenvalue weighted by molar-refractivity contribution is -0.0713. The Morgan fingerprint density at radius 1 is 0.654 bits per heavy atom. The second kappa shape index (κ2) is 7.15. The molecule has 0 amide bonds. The van der Waals surface area contributed by atoms with Crippen LogP contribution in [0.25, 0.3) is 0 Å². The highest BCUT2D eigenvalue weighted by atomic mass is 31.1. The van der Waals surface area contributed by atoms with Gasteiger partial charge in [0.15, 0.2) is 0 Å². The van der Waals surface area contributed by atoms with Gasteiger partial charge in [-0.1, -0.05) is 0 Å². The Labute approximate surface area is 161 Å². The molecule has 5 nitrogen and oxygen atoms in total. The van der Waals surface area contributed by atoms with Crippen LogP contribution in [0.1, 0.15) is 81.1 Å². The van der Waals surface area contributed by atoms with E-state index in [0.29, 0.717) is 0 Å². The van der Waals surface area contributed by atoms with Crippen molar-refractivity contribution in [3.05, 3.63) is 0 Å². The largest absolute Gasteiger partial charge is 0.319 e. The molecule has 0 bridgehead atoms. The fourth-order valence-electron chi connectivity index (χ4n) is 5.03. The molecule has 0 saturated carbocycles. The molecule has 2 rings (SSSR count). The molecule has 0 aromatic heterocycles. The molecule has 0 unspecified atom stereocenters. The average Bonchev–Trinajstić information content (AvgIpc) is 2.40. The zero-order chi connectivity index (χ0) is 20.1. The predicted octanol–water partition coefficient (Wildman–Crippen LogP) is 4.71. The molecule has 154 valence electrons. The van der Waals surface area contributed by atoms with Crippen LogP contribution in [-0.2, 0) is 13.6 Å². The number of nitrogens with zero attached hydrogens (tertiary/aromatic N) is 2. The van der Waals surface area contributed by atoms with Crippen molar-refractivity contribution < 1.29 is 13.6 Å². The van der Waals surface area contributed by atoms with E-state index in [2.05, 4.69) is 79.3 Å². The Morgan fingerprint density at radius 2 is 0.885 bits per heavy atom. The van der Waals surface area contributed by atoms with Gasteiger partial charge < -0.3 is 9.05 Å². The Morgan fingerprint density at radius 3 is 1.12 bits per heavy atom. The normalized spacial score (nSPS) is 30.0. The number of hydrogen-bond acceptors (Lipinski definition) is 5. The first-order chi connectivity index (χ1) is 11.6. The maximum atomic E-state index is 12.7. The van der Waals surface area contributed by atoms with Gasteiger partial charge in [0.05, 0.1) is 12.2 Å².